The maximum atomic E-state index is 12.3. The number of nitrogens with zero attached hydrogens (tertiary/aromatic N) is 1. The van der Waals surface area contributed by atoms with Gasteiger partial charge in [0, 0.05) is 20.1 Å². The molecule has 1 heterocycles. The number of allylic oxidation sites excluding steroid dienone is 2. The van der Waals surface area contributed by atoms with Crippen molar-refractivity contribution >= 4 is 5.91 Å². The number of carbonyl (C=O) groups excluding carboxylic acids is 1. The van der Waals surface area contributed by atoms with E-state index < -0.39 is 0 Å². The van der Waals surface area contributed by atoms with Crippen LogP contribution < -0.4 is 0 Å². The van der Waals surface area contributed by atoms with Gasteiger partial charge in [-0.1, -0.05) is 12.2 Å². The van der Waals surface area contributed by atoms with Gasteiger partial charge in [-0.3, -0.25) is 4.79 Å². The third kappa shape index (κ3) is 4.24. The predicted molar refractivity (Wildman–Crippen MR) is 72.5 cm³/mol. The topological polar surface area (TPSA) is 42.7 Å². The highest BCUT2D eigenvalue weighted by Crippen LogP contribution is 2.21. The first-order valence-corrected chi connectivity index (χ1v) is 6.75. The van der Waals surface area contributed by atoms with E-state index in [9.17, 15) is 4.79 Å². The molecule has 0 saturated carbocycles. The molecule has 1 aliphatic carbocycles. The Kier molecular flexibility index (Phi) is 5.21. The zero-order valence-corrected chi connectivity index (χ0v) is 11.4. The summed E-state index contributed by atoms with van der Waals surface area (Å²) in [5.41, 5.74) is 0. The standard InChI is InChI=1S/C15H21NO3/c1-18-10-8-16(12-14-7-4-9-19-14)15(17)11-13-5-2-3-6-13/h2,4-5,7,9,13H,3,6,8,10-12H2,1H3/t13-/m1/s1. The smallest absolute Gasteiger partial charge is 0.223 e. The van der Waals surface area contributed by atoms with Crippen LogP contribution in [0.15, 0.2) is 35.0 Å². The lowest BCUT2D eigenvalue weighted by atomic mass is 10.0. The van der Waals surface area contributed by atoms with E-state index in [0.717, 1.165) is 18.6 Å². The summed E-state index contributed by atoms with van der Waals surface area (Å²) in [7, 11) is 1.65. The van der Waals surface area contributed by atoms with Gasteiger partial charge in [0.05, 0.1) is 19.4 Å². The van der Waals surface area contributed by atoms with Crippen molar-refractivity contribution in [1.29, 1.82) is 0 Å². The second-order valence-electron chi connectivity index (χ2n) is 4.86. The Labute approximate surface area is 114 Å². The molecule has 1 aliphatic rings. The van der Waals surface area contributed by atoms with E-state index in [4.69, 9.17) is 9.15 Å². The Morgan fingerprint density at radius 2 is 2.47 bits per heavy atom. The summed E-state index contributed by atoms with van der Waals surface area (Å²) in [6.07, 6.45) is 8.71. The molecule has 19 heavy (non-hydrogen) atoms. The number of hydrogen-bond donors (Lipinski definition) is 0. The molecule has 1 amide bonds. The highest BCUT2D eigenvalue weighted by molar-refractivity contribution is 5.76. The average molecular weight is 263 g/mol. The van der Waals surface area contributed by atoms with Crippen LogP contribution in [0.25, 0.3) is 0 Å². The molecule has 0 unspecified atom stereocenters. The number of hydrogen-bond acceptors (Lipinski definition) is 3. The quantitative estimate of drug-likeness (QED) is 0.710. The molecule has 0 saturated heterocycles. The van der Waals surface area contributed by atoms with E-state index >= 15 is 0 Å². The molecule has 0 radical (unpaired) electrons. The summed E-state index contributed by atoms with van der Waals surface area (Å²) < 4.78 is 10.4. The summed E-state index contributed by atoms with van der Waals surface area (Å²) in [5.74, 6) is 1.38. The van der Waals surface area contributed by atoms with Crippen LogP contribution in [0.3, 0.4) is 0 Å². The highest BCUT2D eigenvalue weighted by Gasteiger charge is 2.20. The van der Waals surface area contributed by atoms with Crippen molar-refractivity contribution in [1.82, 2.24) is 4.90 Å². The maximum absolute atomic E-state index is 12.3. The van der Waals surface area contributed by atoms with Gasteiger partial charge in [0.2, 0.25) is 5.91 Å². The van der Waals surface area contributed by atoms with Crippen molar-refractivity contribution in [2.75, 3.05) is 20.3 Å². The molecular formula is C15H21NO3. The number of ether oxygens (including phenoxy) is 1. The van der Waals surface area contributed by atoms with Crippen molar-refractivity contribution in [2.45, 2.75) is 25.8 Å². The minimum absolute atomic E-state index is 0.171. The van der Waals surface area contributed by atoms with Crippen molar-refractivity contribution in [2.24, 2.45) is 5.92 Å². The summed E-state index contributed by atoms with van der Waals surface area (Å²) in [6.45, 7) is 1.67. The van der Waals surface area contributed by atoms with Gasteiger partial charge in [-0.05, 0) is 30.9 Å². The third-order valence-corrected chi connectivity index (χ3v) is 3.39. The van der Waals surface area contributed by atoms with Gasteiger partial charge in [0.1, 0.15) is 5.76 Å². The first-order chi connectivity index (χ1) is 9.29. The van der Waals surface area contributed by atoms with E-state index in [1.54, 1.807) is 13.4 Å². The first kappa shape index (κ1) is 13.9. The van der Waals surface area contributed by atoms with Crippen molar-refractivity contribution < 1.29 is 13.9 Å². The molecule has 0 spiro atoms. The zero-order chi connectivity index (χ0) is 13.5. The zero-order valence-electron chi connectivity index (χ0n) is 11.4. The highest BCUT2D eigenvalue weighted by atomic mass is 16.5. The minimum Gasteiger partial charge on any atom is -0.467 e. The van der Waals surface area contributed by atoms with Crippen molar-refractivity contribution in [3.05, 3.63) is 36.3 Å². The summed E-state index contributed by atoms with van der Waals surface area (Å²) in [5, 5.41) is 0. The van der Waals surface area contributed by atoms with Crippen molar-refractivity contribution in [3.8, 4) is 0 Å². The molecule has 0 aromatic carbocycles. The van der Waals surface area contributed by atoms with Crippen LogP contribution in [0.5, 0.6) is 0 Å². The lowest BCUT2D eigenvalue weighted by molar-refractivity contribution is -0.133. The SMILES string of the molecule is COCCN(Cc1ccco1)C(=O)C[C@@H]1C=CCC1. The van der Waals surface area contributed by atoms with Gasteiger partial charge in [-0.2, -0.15) is 0 Å². The van der Waals surface area contributed by atoms with Gasteiger partial charge in [-0.25, -0.2) is 0 Å². The normalized spacial score (nSPS) is 17.8. The molecule has 4 nitrogen and oxygen atoms in total. The molecule has 104 valence electrons. The fourth-order valence-electron chi connectivity index (χ4n) is 2.30. The average Bonchev–Trinajstić information content (AvgIpc) is 3.07. The van der Waals surface area contributed by atoms with E-state index in [1.807, 2.05) is 17.0 Å². The van der Waals surface area contributed by atoms with Gasteiger partial charge in [0.15, 0.2) is 0 Å². The minimum atomic E-state index is 0.171. The number of amides is 1. The summed E-state index contributed by atoms with van der Waals surface area (Å²) in [6, 6.07) is 3.73. The number of rotatable bonds is 7. The Bertz CT molecular complexity index is 411. The van der Waals surface area contributed by atoms with Crippen LogP contribution >= 0.6 is 0 Å². The predicted octanol–water partition coefficient (Wildman–Crippen LogP) is 2.61. The molecule has 0 bridgehead atoms. The molecule has 1 aromatic rings. The van der Waals surface area contributed by atoms with Gasteiger partial charge in [-0.15, -0.1) is 0 Å². The van der Waals surface area contributed by atoms with Gasteiger partial charge < -0.3 is 14.1 Å². The Hall–Kier alpha value is -1.55. The summed E-state index contributed by atoms with van der Waals surface area (Å²) in [4.78, 5) is 14.1. The van der Waals surface area contributed by atoms with Gasteiger partial charge in [0.25, 0.3) is 0 Å². The first-order valence-electron chi connectivity index (χ1n) is 6.75. The maximum Gasteiger partial charge on any atom is 0.223 e. The van der Waals surface area contributed by atoms with Crippen LogP contribution in [0.1, 0.15) is 25.0 Å². The number of furan rings is 1. The van der Waals surface area contributed by atoms with Crippen LogP contribution in [-0.2, 0) is 16.1 Å². The molecule has 0 aliphatic heterocycles. The lowest BCUT2D eigenvalue weighted by Gasteiger charge is -2.22. The molecule has 4 heteroatoms. The molecule has 0 fully saturated rings. The fourth-order valence-corrected chi connectivity index (χ4v) is 2.30. The fraction of sp³-hybridized carbons (Fsp3) is 0.533. The monoisotopic (exact) mass is 263 g/mol. The Morgan fingerprint density at radius 1 is 1.58 bits per heavy atom. The van der Waals surface area contributed by atoms with Crippen molar-refractivity contribution in [3.63, 3.8) is 0 Å². The largest absolute Gasteiger partial charge is 0.467 e. The summed E-state index contributed by atoms with van der Waals surface area (Å²) >= 11 is 0. The van der Waals surface area contributed by atoms with E-state index in [1.165, 1.54) is 0 Å². The Balaban J connectivity index is 1.91. The van der Waals surface area contributed by atoms with Crippen LogP contribution in [-0.4, -0.2) is 31.1 Å². The van der Waals surface area contributed by atoms with Crippen LogP contribution in [0.2, 0.25) is 0 Å². The second-order valence-corrected chi connectivity index (χ2v) is 4.86. The van der Waals surface area contributed by atoms with Crippen LogP contribution in [0, 0.1) is 5.92 Å². The molecule has 0 N–H and O–H groups in total. The van der Waals surface area contributed by atoms with E-state index in [0.29, 0.717) is 32.0 Å². The lowest BCUT2D eigenvalue weighted by Crippen LogP contribution is -2.34. The van der Waals surface area contributed by atoms with Crippen LogP contribution in [0.4, 0.5) is 0 Å². The molecule has 1 aromatic heterocycles. The number of carbonyl (C=O) groups is 1. The molecule has 2 rings (SSSR count). The van der Waals surface area contributed by atoms with E-state index in [-0.39, 0.29) is 5.91 Å². The second kappa shape index (κ2) is 7.14. The molecular weight excluding hydrogens is 242 g/mol. The Morgan fingerprint density at radius 3 is 3.11 bits per heavy atom. The number of methoxy groups -OCH3 is 1. The van der Waals surface area contributed by atoms with E-state index in [2.05, 4.69) is 12.2 Å². The van der Waals surface area contributed by atoms with Gasteiger partial charge >= 0.3 is 0 Å². The molecule has 1 atom stereocenters. The third-order valence-electron chi connectivity index (χ3n) is 3.39.